The van der Waals surface area contributed by atoms with Crippen molar-refractivity contribution < 1.29 is 27.9 Å². The number of benzene rings is 2. The molecule has 1 heterocycles. The van der Waals surface area contributed by atoms with Gasteiger partial charge in [0.15, 0.2) is 6.61 Å². The molecule has 0 atom stereocenters. The van der Waals surface area contributed by atoms with Crippen molar-refractivity contribution in [2.24, 2.45) is 0 Å². The Balaban J connectivity index is 1.68. The quantitative estimate of drug-likeness (QED) is 0.602. The second kappa shape index (κ2) is 9.86. The number of amides is 1. The third kappa shape index (κ3) is 5.68. The number of sulfonamides is 1. The Morgan fingerprint density at radius 2 is 1.77 bits per heavy atom. The minimum Gasteiger partial charge on any atom is -0.507 e. The van der Waals surface area contributed by atoms with E-state index in [1.807, 2.05) is 0 Å². The van der Waals surface area contributed by atoms with Crippen LogP contribution < -0.4 is 5.32 Å². The average Bonchev–Trinajstić information content (AvgIpc) is 2.75. The summed E-state index contributed by atoms with van der Waals surface area (Å²) in [7, 11) is -3.71. The monoisotopic (exact) mass is 486 g/mol. The largest absolute Gasteiger partial charge is 0.507 e. The van der Waals surface area contributed by atoms with E-state index >= 15 is 0 Å². The molecule has 1 aliphatic heterocycles. The van der Waals surface area contributed by atoms with Crippen LogP contribution in [0, 0.1) is 0 Å². The van der Waals surface area contributed by atoms with Crippen molar-refractivity contribution in [1.82, 2.24) is 4.31 Å². The van der Waals surface area contributed by atoms with Crippen LogP contribution in [0.15, 0.2) is 41.3 Å². The highest BCUT2D eigenvalue weighted by atomic mass is 35.5. The number of aromatic hydroxyl groups is 1. The number of piperidine rings is 1. The molecule has 1 saturated heterocycles. The van der Waals surface area contributed by atoms with E-state index in [1.54, 1.807) is 0 Å². The smallest absolute Gasteiger partial charge is 0.342 e. The summed E-state index contributed by atoms with van der Waals surface area (Å²) < 4.78 is 32.0. The fourth-order valence-electron chi connectivity index (χ4n) is 3.08. The highest BCUT2D eigenvalue weighted by Gasteiger charge is 2.26. The number of anilines is 1. The van der Waals surface area contributed by atoms with E-state index in [0.29, 0.717) is 13.1 Å². The van der Waals surface area contributed by atoms with Gasteiger partial charge in [-0.2, -0.15) is 4.31 Å². The predicted octanol–water partition coefficient (Wildman–Crippen LogP) is 3.67. The zero-order chi connectivity index (χ0) is 22.6. The van der Waals surface area contributed by atoms with Crippen LogP contribution in [0.2, 0.25) is 10.0 Å². The van der Waals surface area contributed by atoms with Crippen LogP contribution in [0.3, 0.4) is 0 Å². The number of rotatable bonds is 6. The van der Waals surface area contributed by atoms with Crippen molar-refractivity contribution in [2.75, 3.05) is 25.0 Å². The number of hydrogen-bond acceptors (Lipinski definition) is 6. The van der Waals surface area contributed by atoms with Gasteiger partial charge in [-0.05, 0) is 49.2 Å². The van der Waals surface area contributed by atoms with Gasteiger partial charge in [-0.25, -0.2) is 13.2 Å². The van der Waals surface area contributed by atoms with E-state index in [0.717, 1.165) is 19.3 Å². The van der Waals surface area contributed by atoms with Gasteiger partial charge in [0.05, 0.1) is 15.6 Å². The normalized spacial score (nSPS) is 14.8. The lowest BCUT2D eigenvalue weighted by Gasteiger charge is -2.26. The number of hydrogen-bond donors (Lipinski definition) is 2. The number of esters is 1. The van der Waals surface area contributed by atoms with E-state index in [4.69, 9.17) is 27.9 Å². The first-order valence-electron chi connectivity index (χ1n) is 9.43. The Kier molecular flexibility index (Phi) is 7.42. The van der Waals surface area contributed by atoms with Gasteiger partial charge in [0.2, 0.25) is 10.0 Å². The van der Waals surface area contributed by atoms with Crippen LogP contribution in [0.5, 0.6) is 5.75 Å². The summed E-state index contributed by atoms with van der Waals surface area (Å²) in [6, 6.07) is 7.87. The second-order valence-corrected chi connectivity index (χ2v) is 9.67. The Hall–Kier alpha value is -2.33. The number of phenolic OH excluding ortho intramolecular Hbond substituents is 1. The first-order valence-corrected chi connectivity index (χ1v) is 11.6. The molecule has 0 saturated carbocycles. The predicted molar refractivity (Wildman–Crippen MR) is 116 cm³/mol. The molecule has 2 N–H and O–H groups in total. The molecule has 11 heteroatoms. The number of carbonyl (C=O) groups is 2. The third-order valence-corrected chi connectivity index (χ3v) is 7.14. The maximum Gasteiger partial charge on any atom is 0.342 e. The molecule has 1 fully saturated rings. The Labute approximate surface area is 189 Å². The standard InChI is InChI=1S/C20H20Cl2N2O6S/c21-13-4-7-18(25)15(10-13)20(27)30-12-19(26)23-17-11-14(5-6-16(17)22)31(28,29)24-8-2-1-3-9-24/h4-7,10-11,25H,1-3,8-9,12H2,(H,23,26). The molecule has 0 radical (unpaired) electrons. The molecule has 2 aromatic rings. The second-order valence-electron chi connectivity index (χ2n) is 6.89. The number of phenols is 1. The molecule has 31 heavy (non-hydrogen) atoms. The Bertz CT molecular complexity index is 1100. The van der Waals surface area contributed by atoms with Crippen molar-refractivity contribution in [3.05, 3.63) is 52.0 Å². The van der Waals surface area contributed by atoms with Crippen LogP contribution in [-0.4, -0.2) is 49.4 Å². The van der Waals surface area contributed by atoms with Gasteiger partial charge in [0, 0.05) is 18.1 Å². The van der Waals surface area contributed by atoms with Crippen molar-refractivity contribution in [1.29, 1.82) is 0 Å². The van der Waals surface area contributed by atoms with Gasteiger partial charge in [-0.3, -0.25) is 4.79 Å². The fourth-order valence-corrected chi connectivity index (χ4v) is 4.96. The zero-order valence-corrected chi connectivity index (χ0v) is 18.6. The lowest BCUT2D eigenvalue weighted by molar-refractivity contribution is -0.119. The van der Waals surface area contributed by atoms with Gasteiger partial charge >= 0.3 is 5.97 Å². The molecule has 1 aliphatic rings. The number of halogens is 2. The highest BCUT2D eigenvalue weighted by molar-refractivity contribution is 7.89. The fraction of sp³-hybridized carbons (Fsp3) is 0.300. The van der Waals surface area contributed by atoms with E-state index in [1.165, 1.54) is 40.7 Å². The lowest BCUT2D eigenvalue weighted by Crippen LogP contribution is -2.35. The van der Waals surface area contributed by atoms with Gasteiger partial charge in [0.25, 0.3) is 5.91 Å². The first-order chi connectivity index (χ1) is 14.7. The zero-order valence-electron chi connectivity index (χ0n) is 16.3. The minimum atomic E-state index is -3.71. The summed E-state index contributed by atoms with van der Waals surface area (Å²) in [4.78, 5) is 24.3. The van der Waals surface area contributed by atoms with Crippen molar-refractivity contribution in [3.63, 3.8) is 0 Å². The van der Waals surface area contributed by atoms with Crippen LogP contribution in [0.1, 0.15) is 29.6 Å². The van der Waals surface area contributed by atoms with Crippen LogP contribution in [0.4, 0.5) is 5.69 Å². The molecule has 0 spiro atoms. The van der Waals surface area contributed by atoms with Gasteiger partial charge in [-0.15, -0.1) is 0 Å². The van der Waals surface area contributed by atoms with E-state index in [-0.39, 0.29) is 31.9 Å². The molecule has 1 amide bonds. The minimum absolute atomic E-state index is 0.00921. The average molecular weight is 487 g/mol. The van der Waals surface area contributed by atoms with Crippen LogP contribution in [-0.2, 0) is 19.6 Å². The number of nitrogens with zero attached hydrogens (tertiary/aromatic N) is 1. The Morgan fingerprint density at radius 1 is 1.06 bits per heavy atom. The molecule has 2 aromatic carbocycles. The van der Waals surface area contributed by atoms with Gasteiger partial charge < -0.3 is 15.2 Å². The summed E-state index contributed by atoms with van der Waals surface area (Å²) in [6.07, 6.45) is 2.58. The molecule has 166 valence electrons. The molecule has 0 aliphatic carbocycles. The number of carbonyl (C=O) groups excluding carboxylic acids is 2. The summed E-state index contributed by atoms with van der Waals surface area (Å²) in [5.41, 5.74) is -0.112. The Morgan fingerprint density at radius 3 is 2.48 bits per heavy atom. The van der Waals surface area contributed by atoms with Gasteiger partial charge in [-0.1, -0.05) is 29.6 Å². The summed E-state index contributed by atoms with van der Waals surface area (Å²) >= 11 is 11.9. The van der Waals surface area contributed by atoms with Crippen LogP contribution in [0.25, 0.3) is 0 Å². The SMILES string of the molecule is O=C(COC(=O)c1cc(Cl)ccc1O)Nc1cc(S(=O)(=O)N2CCCCC2)ccc1Cl. The van der Waals surface area contributed by atoms with E-state index < -0.39 is 28.5 Å². The maximum absolute atomic E-state index is 12.8. The molecule has 8 nitrogen and oxygen atoms in total. The molecular weight excluding hydrogens is 467 g/mol. The van der Waals surface area contributed by atoms with Crippen molar-refractivity contribution >= 4 is 50.8 Å². The molecule has 3 rings (SSSR count). The first kappa shape index (κ1) is 23.3. The third-order valence-electron chi connectivity index (χ3n) is 4.68. The van der Waals surface area contributed by atoms with Crippen molar-refractivity contribution in [3.8, 4) is 5.75 Å². The highest BCUT2D eigenvalue weighted by Crippen LogP contribution is 2.28. The van der Waals surface area contributed by atoms with Gasteiger partial charge in [0.1, 0.15) is 11.3 Å². The number of ether oxygens (including phenoxy) is 1. The molecule has 0 bridgehead atoms. The maximum atomic E-state index is 12.8. The topological polar surface area (TPSA) is 113 Å². The summed E-state index contributed by atoms with van der Waals surface area (Å²) in [5, 5.41) is 12.5. The lowest BCUT2D eigenvalue weighted by atomic mass is 10.2. The summed E-state index contributed by atoms with van der Waals surface area (Å²) in [5.74, 6) is -2.01. The molecule has 0 aromatic heterocycles. The van der Waals surface area contributed by atoms with E-state index in [2.05, 4.69) is 5.32 Å². The van der Waals surface area contributed by atoms with E-state index in [9.17, 15) is 23.1 Å². The molecular formula is C20H20Cl2N2O6S. The summed E-state index contributed by atoms with van der Waals surface area (Å²) in [6.45, 7) is 0.210. The van der Waals surface area contributed by atoms with Crippen molar-refractivity contribution in [2.45, 2.75) is 24.2 Å². The number of nitrogens with one attached hydrogen (secondary N) is 1. The molecule has 0 unspecified atom stereocenters. The van der Waals surface area contributed by atoms with Crippen LogP contribution >= 0.6 is 23.2 Å².